The summed E-state index contributed by atoms with van der Waals surface area (Å²) in [5, 5.41) is 0. The third kappa shape index (κ3) is 8.30. The standard InChI is InChI=1S/C28H20F6O6S/c29-27(30,31)39-23-15-11-21(12-16-23)37-25(19-7-3-1-4-8-19)41(35,36)26(20-9-5-2-6-10-20)38-22-13-17-24(18-14-22)40-28(32,33)34/h1-18,25-26H. The summed E-state index contributed by atoms with van der Waals surface area (Å²) in [6, 6.07) is 23.8. The molecular weight excluding hydrogens is 578 g/mol. The Balaban J connectivity index is 1.70. The summed E-state index contributed by atoms with van der Waals surface area (Å²) >= 11 is 0. The Kier molecular flexibility index (Phi) is 8.66. The number of rotatable bonds is 10. The Morgan fingerprint density at radius 3 is 1.05 bits per heavy atom. The summed E-state index contributed by atoms with van der Waals surface area (Å²) in [6.45, 7) is 0. The molecule has 41 heavy (non-hydrogen) atoms. The summed E-state index contributed by atoms with van der Waals surface area (Å²) in [4.78, 5) is 0. The van der Waals surface area contributed by atoms with Gasteiger partial charge in [-0.25, -0.2) is 8.42 Å². The van der Waals surface area contributed by atoms with Crippen LogP contribution in [0.5, 0.6) is 23.0 Å². The van der Waals surface area contributed by atoms with E-state index in [4.69, 9.17) is 9.47 Å². The average molecular weight is 599 g/mol. The predicted molar refractivity (Wildman–Crippen MR) is 135 cm³/mol. The number of alkyl halides is 6. The molecule has 0 aliphatic heterocycles. The first-order valence-corrected chi connectivity index (χ1v) is 13.3. The van der Waals surface area contributed by atoms with Crippen molar-refractivity contribution < 1.29 is 53.7 Å². The van der Waals surface area contributed by atoms with Crippen molar-refractivity contribution in [1.29, 1.82) is 0 Å². The molecule has 0 aromatic heterocycles. The summed E-state index contributed by atoms with van der Waals surface area (Å²) in [6.07, 6.45) is -9.84. The van der Waals surface area contributed by atoms with E-state index in [0.29, 0.717) is 0 Å². The molecule has 0 radical (unpaired) electrons. The second-order valence-electron chi connectivity index (χ2n) is 8.35. The maximum absolute atomic E-state index is 14.2. The number of benzene rings is 4. The molecule has 2 unspecified atom stereocenters. The van der Waals surface area contributed by atoms with Crippen LogP contribution in [0.15, 0.2) is 109 Å². The lowest BCUT2D eigenvalue weighted by atomic mass is 10.2. The highest BCUT2D eigenvalue weighted by Gasteiger charge is 2.40. The van der Waals surface area contributed by atoms with Crippen LogP contribution in [-0.2, 0) is 9.84 Å². The van der Waals surface area contributed by atoms with E-state index in [2.05, 4.69) is 9.47 Å². The molecule has 0 spiro atoms. The van der Waals surface area contributed by atoms with Gasteiger partial charge in [0.2, 0.25) is 20.7 Å². The van der Waals surface area contributed by atoms with E-state index in [-0.39, 0.29) is 22.6 Å². The lowest BCUT2D eigenvalue weighted by Crippen LogP contribution is -2.28. The molecular formula is C28H20F6O6S. The van der Waals surface area contributed by atoms with Crippen molar-refractivity contribution in [2.24, 2.45) is 0 Å². The molecule has 4 aromatic rings. The van der Waals surface area contributed by atoms with Gasteiger partial charge in [-0.2, -0.15) is 0 Å². The van der Waals surface area contributed by atoms with Crippen molar-refractivity contribution in [3.05, 3.63) is 120 Å². The number of hydrogen-bond donors (Lipinski definition) is 0. The van der Waals surface area contributed by atoms with Crippen molar-refractivity contribution in [3.63, 3.8) is 0 Å². The smallest absolute Gasteiger partial charge is 0.470 e. The van der Waals surface area contributed by atoms with E-state index in [0.717, 1.165) is 48.5 Å². The summed E-state index contributed by atoms with van der Waals surface area (Å²) < 4.78 is 123. The quantitative estimate of drug-likeness (QED) is 0.174. The molecule has 0 heterocycles. The second kappa shape index (κ2) is 12.0. The maximum atomic E-state index is 14.2. The van der Waals surface area contributed by atoms with Crippen molar-refractivity contribution in [3.8, 4) is 23.0 Å². The number of hydrogen-bond acceptors (Lipinski definition) is 6. The van der Waals surface area contributed by atoms with Crippen molar-refractivity contribution >= 4 is 9.84 Å². The topological polar surface area (TPSA) is 71.1 Å². The van der Waals surface area contributed by atoms with E-state index in [1.54, 1.807) is 36.4 Å². The van der Waals surface area contributed by atoms with E-state index in [1.807, 2.05) is 0 Å². The van der Waals surface area contributed by atoms with Crippen molar-refractivity contribution in [2.75, 3.05) is 0 Å². The molecule has 0 aliphatic rings. The second-order valence-corrected chi connectivity index (χ2v) is 10.4. The Morgan fingerprint density at radius 2 is 0.756 bits per heavy atom. The van der Waals surface area contributed by atoms with Crippen LogP contribution in [0.3, 0.4) is 0 Å². The third-order valence-corrected chi connectivity index (χ3v) is 7.27. The highest BCUT2D eigenvalue weighted by atomic mass is 32.2. The third-order valence-electron chi connectivity index (χ3n) is 5.34. The van der Waals surface area contributed by atoms with Gasteiger partial charge in [0, 0.05) is 11.1 Å². The van der Waals surface area contributed by atoms with E-state index >= 15 is 0 Å². The van der Waals surface area contributed by atoms with Crippen LogP contribution < -0.4 is 18.9 Å². The van der Waals surface area contributed by atoms with Crippen LogP contribution in [0.25, 0.3) is 0 Å². The molecule has 4 rings (SSSR count). The first-order chi connectivity index (χ1) is 19.3. The van der Waals surface area contributed by atoms with E-state index in [1.165, 1.54) is 24.3 Å². The van der Waals surface area contributed by atoms with E-state index in [9.17, 15) is 34.8 Å². The lowest BCUT2D eigenvalue weighted by molar-refractivity contribution is -0.275. The maximum Gasteiger partial charge on any atom is 0.573 e. The minimum Gasteiger partial charge on any atom is -0.470 e. The van der Waals surface area contributed by atoms with Crippen LogP contribution in [0.2, 0.25) is 0 Å². The molecule has 0 saturated carbocycles. The first kappa shape index (κ1) is 29.6. The first-order valence-electron chi connectivity index (χ1n) is 11.7. The Hall–Kier alpha value is -4.39. The molecule has 0 aliphatic carbocycles. The van der Waals surface area contributed by atoms with Gasteiger partial charge >= 0.3 is 12.7 Å². The van der Waals surface area contributed by atoms with Crippen LogP contribution >= 0.6 is 0 Å². The molecule has 0 fully saturated rings. The molecule has 2 atom stereocenters. The van der Waals surface area contributed by atoms with Gasteiger partial charge < -0.3 is 18.9 Å². The number of sulfone groups is 1. The molecule has 6 nitrogen and oxygen atoms in total. The largest absolute Gasteiger partial charge is 0.573 e. The molecule has 0 bridgehead atoms. The average Bonchev–Trinajstić information content (AvgIpc) is 2.91. The molecule has 0 saturated heterocycles. The van der Waals surface area contributed by atoms with Gasteiger partial charge in [0.25, 0.3) is 0 Å². The zero-order chi connectivity index (χ0) is 29.7. The monoisotopic (exact) mass is 598 g/mol. The summed E-state index contributed by atoms with van der Waals surface area (Å²) in [5.74, 6) is -1.24. The Bertz CT molecular complexity index is 1400. The molecule has 216 valence electrons. The highest BCUT2D eigenvalue weighted by Crippen LogP contribution is 2.38. The zero-order valence-corrected chi connectivity index (χ0v) is 21.5. The Morgan fingerprint density at radius 1 is 0.463 bits per heavy atom. The van der Waals surface area contributed by atoms with Crippen LogP contribution in [-0.4, -0.2) is 21.1 Å². The fraction of sp³-hybridized carbons (Fsp3) is 0.143. The van der Waals surface area contributed by atoms with Gasteiger partial charge in [-0.15, -0.1) is 26.3 Å². The van der Waals surface area contributed by atoms with Crippen molar-refractivity contribution in [1.82, 2.24) is 0 Å². The normalized spacial score (nSPS) is 13.6. The highest BCUT2D eigenvalue weighted by molar-refractivity contribution is 7.91. The fourth-order valence-electron chi connectivity index (χ4n) is 3.67. The number of halogens is 6. The molecule has 13 heteroatoms. The molecule has 0 amide bonds. The minimum atomic E-state index is -4.92. The van der Waals surface area contributed by atoms with Crippen LogP contribution in [0.4, 0.5) is 26.3 Å². The zero-order valence-electron chi connectivity index (χ0n) is 20.7. The van der Waals surface area contributed by atoms with Crippen molar-refractivity contribution in [2.45, 2.75) is 23.6 Å². The van der Waals surface area contributed by atoms with Gasteiger partial charge in [0.05, 0.1) is 0 Å². The minimum absolute atomic E-state index is 0.0857. The predicted octanol–water partition coefficient (Wildman–Crippen LogP) is 7.75. The van der Waals surface area contributed by atoms with Crippen LogP contribution in [0.1, 0.15) is 22.0 Å². The number of ether oxygens (including phenoxy) is 4. The van der Waals surface area contributed by atoms with Gasteiger partial charge in [0.1, 0.15) is 23.0 Å². The van der Waals surface area contributed by atoms with Crippen LogP contribution in [0, 0.1) is 0 Å². The fourth-order valence-corrected chi connectivity index (χ4v) is 5.46. The summed E-state index contributed by atoms with van der Waals surface area (Å²) in [5.41, 5.74) is -3.06. The van der Waals surface area contributed by atoms with E-state index < -0.39 is 44.9 Å². The van der Waals surface area contributed by atoms with Gasteiger partial charge in [-0.05, 0) is 48.5 Å². The molecule has 0 N–H and O–H groups in total. The SMILES string of the molecule is O=S(=O)(C(Oc1ccc(OC(F)(F)F)cc1)c1ccccc1)C(Oc1ccc(OC(F)(F)F)cc1)c1ccccc1. The summed E-state index contributed by atoms with van der Waals surface area (Å²) in [7, 11) is -4.51. The van der Waals surface area contributed by atoms with Gasteiger partial charge in [-0.3, -0.25) is 0 Å². The van der Waals surface area contributed by atoms with Gasteiger partial charge in [-0.1, -0.05) is 60.7 Å². The Labute approximate surface area is 230 Å². The lowest BCUT2D eigenvalue weighted by Gasteiger charge is -2.26. The molecule has 4 aromatic carbocycles. The van der Waals surface area contributed by atoms with Gasteiger partial charge in [0.15, 0.2) is 0 Å².